The highest BCUT2D eigenvalue weighted by Gasteiger charge is 2.03. The third-order valence-electron chi connectivity index (χ3n) is 2.33. The first-order valence-electron chi connectivity index (χ1n) is 5.05. The predicted octanol–water partition coefficient (Wildman–Crippen LogP) is 3.18. The second-order valence-corrected chi connectivity index (χ2v) is 3.92. The normalized spacial score (nSPS) is 10.6. The maximum atomic E-state index is 5.81. The maximum Gasteiger partial charge on any atom is 0.207 e. The fraction of sp³-hybridized carbons (Fsp3) is 0. The Kier molecular flexibility index (Phi) is 2.42. The molecule has 0 saturated heterocycles. The minimum atomic E-state index is 0.662. The molecule has 3 aromatic rings. The van der Waals surface area contributed by atoms with Gasteiger partial charge in [0, 0.05) is 5.02 Å². The Labute approximate surface area is 102 Å². The van der Waals surface area contributed by atoms with E-state index in [-0.39, 0.29) is 0 Å². The SMILES string of the molecule is Clc1ccc(Oc2cccc3nncn23)cc1. The smallest absolute Gasteiger partial charge is 0.207 e. The van der Waals surface area contributed by atoms with Gasteiger partial charge in [0.05, 0.1) is 0 Å². The molecular weight excluding hydrogens is 238 g/mol. The van der Waals surface area contributed by atoms with Gasteiger partial charge in [-0.25, -0.2) is 0 Å². The van der Waals surface area contributed by atoms with Gasteiger partial charge in [-0.15, -0.1) is 10.2 Å². The van der Waals surface area contributed by atoms with Gasteiger partial charge < -0.3 is 4.74 Å². The van der Waals surface area contributed by atoms with Gasteiger partial charge in [-0.05, 0) is 36.4 Å². The van der Waals surface area contributed by atoms with Gasteiger partial charge in [-0.2, -0.15) is 0 Å². The molecule has 2 aromatic heterocycles. The van der Waals surface area contributed by atoms with Crippen molar-refractivity contribution in [3.63, 3.8) is 0 Å². The summed E-state index contributed by atoms with van der Waals surface area (Å²) in [5.74, 6) is 1.38. The van der Waals surface area contributed by atoms with E-state index < -0.39 is 0 Å². The lowest BCUT2D eigenvalue weighted by Crippen LogP contribution is -1.92. The Balaban J connectivity index is 1.99. The van der Waals surface area contributed by atoms with Crippen molar-refractivity contribution in [2.75, 3.05) is 0 Å². The van der Waals surface area contributed by atoms with Crippen molar-refractivity contribution in [2.45, 2.75) is 0 Å². The van der Waals surface area contributed by atoms with Crippen LogP contribution in [0.3, 0.4) is 0 Å². The van der Waals surface area contributed by atoms with Crippen LogP contribution in [0, 0.1) is 0 Å². The summed E-state index contributed by atoms with van der Waals surface area (Å²) in [7, 11) is 0. The Morgan fingerprint density at radius 2 is 1.88 bits per heavy atom. The molecule has 0 unspecified atom stereocenters. The van der Waals surface area contributed by atoms with E-state index in [9.17, 15) is 0 Å². The zero-order chi connectivity index (χ0) is 11.7. The maximum absolute atomic E-state index is 5.81. The van der Waals surface area contributed by atoms with Crippen molar-refractivity contribution in [3.05, 3.63) is 53.8 Å². The zero-order valence-electron chi connectivity index (χ0n) is 8.75. The van der Waals surface area contributed by atoms with Crippen LogP contribution in [0.2, 0.25) is 5.02 Å². The number of nitrogens with zero attached hydrogens (tertiary/aromatic N) is 3. The molecule has 84 valence electrons. The zero-order valence-corrected chi connectivity index (χ0v) is 9.50. The first kappa shape index (κ1) is 10.1. The molecule has 0 atom stereocenters. The van der Waals surface area contributed by atoms with Crippen LogP contribution in [0.1, 0.15) is 0 Å². The molecule has 0 aliphatic carbocycles. The van der Waals surface area contributed by atoms with Crippen molar-refractivity contribution < 1.29 is 4.74 Å². The van der Waals surface area contributed by atoms with E-state index in [1.165, 1.54) is 0 Å². The van der Waals surface area contributed by atoms with Gasteiger partial charge in [0.1, 0.15) is 12.1 Å². The van der Waals surface area contributed by atoms with E-state index in [0.717, 1.165) is 11.4 Å². The number of pyridine rings is 1. The molecule has 3 rings (SSSR count). The van der Waals surface area contributed by atoms with Crippen LogP contribution in [-0.2, 0) is 0 Å². The van der Waals surface area contributed by atoms with E-state index in [1.807, 2.05) is 30.3 Å². The summed E-state index contributed by atoms with van der Waals surface area (Å²) in [6.45, 7) is 0. The van der Waals surface area contributed by atoms with Gasteiger partial charge >= 0.3 is 0 Å². The topological polar surface area (TPSA) is 39.4 Å². The van der Waals surface area contributed by atoms with Crippen LogP contribution in [0.5, 0.6) is 11.6 Å². The molecule has 0 N–H and O–H groups in total. The Hall–Kier alpha value is -2.07. The van der Waals surface area contributed by atoms with E-state index >= 15 is 0 Å². The average molecular weight is 246 g/mol. The lowest BCUT2D eigenvalue weighted by molar-refractivity contribution is 0.456. The van der Waals surface area contributed by atoms with Crippen LogP contribution in [0.4, 0.5) is 0 Å². The molecule has 0 aliphatic heterocycles. The number of benzene rings is 1. The molecular formula is C12H8ClN3O. The molecule has 0 fully saturated rings. The van der Waals surface area contributed by atoms with E-state index in [0.29, 0.717) is 10.9 Å². The minimum Gasteiger partial charge on any atom is -0.440 e. The van der Waals surface area contributed by atoms with Gasteiger partial charge in [-0.3, -0.25) is 4.40 Å². The lowest BCUT2D eigenvalue weighted by atomic mass is 10.3. The summed E-state index contributed by atoms with van der Waals surface area (Å²) in [6, 6.07) is 12.8. The van der Waals surface area contributed by atoms with E-state index in [4.69, 9.17) is 16.3 Å². The second kappa shape index (κ2) is 4.07. The van der Waals surface area contributed by atoms with Crippen molar-refractivity contribution in [3.8, 4) is 11.6 Å². The van der Waals surface area contributed by atoms with Crippen LogP contribution in [-0.4, -0.2) is 14.6 Å². The largest absolute Gasteiger partial charge is 0.440 e. The number of rotatable bonds is 2. The first-order chi connectivity index (χ1) is 8.33. The molecule has 0 aliphatic rings. The molecule has 0 saturated carbocycles. The van der Waals surface area contributed by atoms with Crippen molar-refractivity contribution in [1.82, 2.24) is 14.6 Å². The van der Waals surface area contributed by atoms with E-state index in [2.05, 4.69) is 10.2 Å². The van der Waals surface area contributed by atoms with Gasteiger partial charge in [0.25, 0.3) is 0 Å². The van der Waals surface area contributed by atoms with Crippen molar-refractivity contribution >= 4 is 17.2 Å². The highest BCUT2D eigenvalue weighted by Crippen LogP contribution is 2.23. The summed E-state index contributed by atoms with van der Waals surface area (Å²) in [4.78, 5) is 0. The Morgan fingerprint density at radius 1 is 1.06 bits per heavy atom. The molecule has 0 amide bonds. The molecule has 2 heterocycles. The van der Waals surface area contributed by atoms with Crippen LogP contribution >= 0.6 is 11.6 Å². The van der Waals surface area contributed by atoms with Crippen molar-refractivity contribution in [1.29, 1.82) is 0 Å². The van der Waals surface area contributed by atoms with Crippen LogP contribution < -0.4 is 4.74 Å². The van der Waals surface area contributed by atoms with Gasteiger partial charge in [0.15, 0.2) is 5.65 Å². The number of hydrogen-bond acceptors (Lipinski definition) is 3. The molecule has 1 aromatic carbocycles. The molecule has 5 heteroatoms. The summed E-state index contributed by atoms with van der Waals surface area (Å²) >= 11 is 5.81. The molecule has 0 radical (unpaired) electrons. The first-order valence-corrected chi connectivity index (χ1v) is 5.43. The monoisotopic (exact) mass is 245 g/mol. The lowest BCUT2D eigenvalue weighted by Gasteiger charge is -2.06. The van der Waals surface area contributed by atoms with Crippen molar-refractivity contribution in [2.24, 2.45) is 0 Å². The number of ether oxygens (including phenoxy) is 1. The molecule has 0 bridgehead atoms. The fourth-order valence-corrected chi connectivity index (χ4v) is 1.66. The molecule has 0 spiro atoms. The number of aromatic nitrogens is 3. The predicted molar refractivity (Wildman–Crippen MR) is 64.5 cm³/mol. The summed E-state index contributed by atoms with van der Waals surface area (Å²) in [5.41, 5.74) is 0.747. The molecule has 17 heavy (non-hydrogen) atoms. The van der Waals surface area contributed by atoms with Gasteiger partial charge in [0.2, 0.25) is 5.88 Å². The van der Waals surface area contributed by atoms with Gasteiger partial charge in [-0.1, -0.05) is 17.7 Å². The highest BCUT2D eigenvalue weighted by atomic mass is 35.5. The standard InChI is InChI=1S/C12H8ClN3O/c13-9-4-6-10(7-5-9)17-12-3-1-2-11-15-14-8-16(11)12/h1-8H. The third-order valence-corrected chi connectivity index (χ3v) is 2.58. The number of halogens is 1. The Morgan fingerprint density at radius 3 is 2.71 bits per heavy atom. The summed E-state index contributed by atoms with van der Waals surface area (Å²) in [5, 5.41) is 8.46. The number of fused-ring (bicyclic) bond motifs is 1. The van der Waals surface area contributed by atoms with E-state index in [1.54, 1.807) is 22.9 Å². The van der Waals surface area contributed by atoms with Crippen LogP contribution in [0.15, 0.2) is 48.8 Å². The fourth-order valence-electron chi connectivity index (χ4n) is 1.53. The third kappa shape index (κ3) is 1.94. The summed E-state index contributed by atoms with van der Waals surface area (Å²) in [6.07, 6.45) is 1.61. The minimum absolute atomic E-state index is 0.662. The summed E-state index contributed by atoms with van der Waals surface area (Å²) < 4.78 is 7.50. The Bertz CT molecular complexity index is 648. The number of hydrogen-bond donors (Lipinski definition) is 0. The quantitative estimate of drug-likeness (QED) is 0.696. The average Bonchev–Trinajstić information content (AvgIpc) is 2.81. The second-order valence-electron chi connectivity index (χ2n) is 3.48. The van der Waals surface area contributed by atoms with Crippen LogP contribution in [0.25, 0.3) is 5.65 Å². The highest BCUT2D eigenvalue weighted by molar-refractivity contribution is 6.30. The molecule has 4 nitrogen and oxygen atoms in total.